The van der Waals surface area contributed by atoms with E-state index in [4.69, 9.17) is 4.42 Å². The Kier molecular flexibility index (Phi) is 5.93. The zero-order chi connectivity index (χ0) is 24.5. The molecule has 2 aromatic carbocycles. The summed E-state index contributed by atoms with van der Waals surface area (Å²) in [5.41, 5.74) is -2.46. The summed E-state index contributed by atoms with van der Waals surface area (Å²) >= 11 is 0. The molecule has 0 aliphatic heterocycles. The minimum absolute atomic E-state index is 0.0741. The van der Waals surface area contributed by atoms with Crippen LogP contribution >= 0.6 is 0 Å². The fourth-order valence-electron chi connectivity index (χ4n) is 3.36. The molecule has 2 aromatic heterocycles. The van der Waals surface area contributed by atoms with E-state index < -0.39 is 34.8 Å². The molecule has 0 radical (unpaired) electrons. The fraction of sp³-hybridized carbons (Fsp3) is 0.130. The van der Waals surface area contributed by atoms with E-state index in [2.05, 4.69) is 15.7 Å². The molecule has 0 saturated heterocycles. The van der Waals surface area contributed by atoms with Gasteiger partial charge in [0, 0.05) is 17.6 Å². The van der Waals surface area contributed by atoms with Crippen LogP contribution in [0.2, 0.25) is 0 Å². The lowest BCUT2D eigenvalue weighted by atomic mass is 10.1. The highest BCUT2D eigenvalue weighted by Gasteiger charge is 2.35. The van der Waals surface area contributed by atoms with E-state index in [0.29, 0.717) is 6.07 Å². The Morgan fingerprint density at radius 1 is 1.00 bits per heavy atom. The summed E-state index contributed by atoms with van der Waals surface area (Å²) in [6, 6.07) is 12.0. The number of carbonyl (C=O) groups excluding carboxylic acids is 2. The standard InChI is InChI=1S/C23H17F3N4O4/c1-2-30-22(33)15-7-4-3-6-14(15)19(29-30)21(32)28-17-10-9-13(12-16(17)23(24,25)26)27-20(31)18-8-5-11-34-18/h3-12H,2H2,1H3,(H,27,31)(H,28,32). The molecule has 2 N–H and O–H groups in total. The summed E-state index contributed by atoms with van der Waals surface area (Å²) < 4.78 is 47.3. The Labute approximate surface area is 190 Å². The highest BCUT2D eigenvalue weighted by molar-refractivity contribution is 6.11. The maximum absolute atomic E-state index is 13.8. The molecule has 0 spiro atoms. The third-order valence-electron chi connectivity index (χ3n) is 4.96. The Morgan fingerprint density at radius 2 is 1.74 bits per heavy atom. The van der Waals surface area contributed by atoms with Gasteiger partial charge in [-0.1, -0.05) is 18.2 Å². The van der Waals surface area contributed by atoms with Crippen molar-refractivity contribution in [3.63, 3.8) is 0 Å². The normalized spacial score (nSPS) is 11.4. The van der Waals surface area contributed by atoms with E-state index in [1.807, 2.05) is 0 Å². The number of amides is 2. The van der Waals surface area contributed by atoms with Gasteiger partial charge in [0.25, 0.3) is 17.4 Å². The van der Waals surface area contributed by atoms with Crippen LogP contribution in [0.15, 0.2) is 70.1 Å². The van der Waals surface area contributed by atoms with Gasteiger partial charge in [0.2, 0.25) is 0 Å². The maximum Gasteiger partial charge on any atom is 0.418 e. The van der Waals surface area contributed by atoms with Gasteiger partial charge in [0.15, 0.2) is 11.5 Å². The van der Waals surface area contributed by atoms with Crippen LogP contribution in [0.4, 0.5) is 24.5 Å². The van der Waals surface area contributed by atoms with Crippen LogP contribution in [0.5, 0.6) is 0 Å². The van der Waals surface area contributed by atoms with Crippen molar-refractivity contribution in [2.75, 3.05) is 10.6 Å². The first-order chi connectivity index (χ1) is 16.2. The smallest absolute Gasteiger partial charge is 0.418 e. The average molecular weight is 470 g/mol. The SMILES string of the molecule is CCn1nc(C(=O)Nc2ccc(NC(=O)c3ccco3)cc2C(F)(F)F)c2ccccc2c1=O. The number of hydrogen-bond donors (Lipinski definition) is 2. The number of halogens is 3. The predicted molar refractivity (Wildman–Crippen MR) is 118 cm³/mol. The second-order valence-corrected chi connectivity index (χ2v) is 7.16. The van der Waals surface area contributed by atoms with Gasteiger partial charge < -0.3 is 15.1 Å². The molecule has 0 aliphatic rings. The number of benzene rings is 2. The van der Waals surface area contributed by atoms with E-state index >= 15 is 0 Å². The molecular formula is C23H17F3N4O4. The van der Waals surface area contributed by atoms with Gasteiger partial charge in [0.05, 0.1) is 22.9 Å². The lowest BCUT2D eigenvalue weighted by Gasteiger charge is -2.16. The number of nitrogens with one attached hydrogen (secondary N) is 2. The number of aromatic nitrogens is 2. The molecule has 174 valence electrons. The molecule has 0 bridgehead atoms. The lowest BCUT2D eigenvalue weighted by molar-refractivity contribution is -0.136. The van der Waals surface area contributed by atoms with Crippen molar-refractivity contribution < 1.29 is 27.2 Å². The number of aryl methyl sites for hydroxylation is 1. The van der Waals surface area contributed by atoms with Gasteiger partial charge in [-0.25, -0.2) is 4.68 Å². The molecule has 0 unspecified atom stereocenters. The topological polar surface area (TPSA) is 106 Å². The monoisotopic (exact) mass is 470 g/mol. The van der Waals surface area contributed by atoms with Crippen molar-refractivity contribution in [3.05, 3.63) is 88.2 Å². The Hall–Kier alpha value is -4.41. The molecule has 11 heteroatoms. The van der Waals surface area contributed by atoms with E-state index in [-0.39, 0.29) is 34.5 Å². The molecule has 0 saturated carbocycles. The third-order valence-corrected chi connectivity index (χ3v) is 4.96. The second kappa shape index (κ2) is 8.85. The Morgan fingerprint density at radius 3 is 2.38 bits per heavy atom. The van der Waals surface area contributed by atoms with Crippen molar-refractivity contribution in [2.24, 2.45) is 0 Å². The zero-order valence-electron chi connectivity index (χ0n) is 17.6. The van der Waals surface area contributed by atoms with Crippen molar-refractivity contribution in [3.8, 4) is 0 Å². The van der Waals surface area contributed by atoms with E-state index in [1.165, 1.54) is 36.6 Å². The number of nitrogens with zero attached hydrogens (tertiary/aromatic N) is 2. The summed E-state index contributed by atoms with van der Waals surface area (Å²) in [5, 5.41) is 9.02. The van der Waals surface area contributed by atoms with Gasteiger partial charge in [-0.2, -0.15) is 18.3 Å². The van der Waals surface area contributed by atoms with Gasteiger partial charge in [0.1, 0.15) is 0 Å². The maximum atomic E-state index is 13.8. The van der Waals surface area contributed by atoms with Crippen molar-refractivity contribution >= 4 is 34.0 Å². The van der Waals surface area contributed by atoms with Gasteiger partial charge in [-0.3, -0.25) is 14.4 Å². The van der Waals surface area contributed by atoms with Crippen LogP contribution in [0.25, 0.3) is 10.8 Å². The number of anilines is 2. The zero-order valence-corrected chi connectivity index (χ0v) is 17.6. The predicted octanol–water partition coefficient (Wildman–Crippen LogP) is 4.53. The Balaban J connectivity index is 1.70. The van der Waals surface area contributed by atoms with E-state index in [9.17, 15) is 27.6 Å². The van der Waals surface area contributed by atoms with Crippen molar-refractivity contribution in [1.82, 2.24) is 9.78 Å². The number of rotatable bonds is 5. The molecule has 2 heterocycles. The van der Waals surface area contributed by atoms with Crippen LogP contribution < -0.4 is 16.2 Å². The molecule has 4 aromatic rings. The van der Waals surface area contributed by atoms with Crippen LogP contribution in [-0.2, 0) is 12.7 Å². The van der Waals surface area contributed by atoms with Crippen LogP contribution in [0.1, 0.15) is 33.5 Å². The number of fused-ring (bicyclic) bond motifs is 1. The number of carbonyl (C=O) groups is 2. The Bertz CT molecular complexity index is 1440. The first-order valence-electron chi connectivity index (χ1n) is 10.1. The second-order valence-electron chi connectivity index (χ2n) is 7.16. The number of furan rings is 1. The summed E-state index contributed by atoms with van der Waals surface area (Å²) in [6.45, 7) is 1.82. The summed E-state index contributed by atoms with van der Waals surface area (Å²) in [6.07, 6.45) is -3.58. The molecular weight excluding hydrogens is 453 g/mol. The molecule has 4 rings (SSSR count). The largest absolute Gasteiger partial charge is 0.459 e. The third kappa shape index (κ3) is 4.40. The summed E-state index contributed by atoms with van der Waals surface area (Å²) in [4.78, 5) is 37.5. The highest BCUT2D eigenvalue weighted by Crippen LogP contribution is 2.37. The number of alkyl halides is 3. The first kappa shape index (κ1) is 22.8. The first-order valence-corrected chi connectivity index (χ1v) is 10.1. The average Bonchev–Trinajstić information content (AvgIpc) is 3.35. The van der Waals surface area contributed by atoms with E-state index in [1.54, 1.807) is 19.1 Å². The summed E-state index contributed by atoms with van der Waals surface area (Å²) in [5.74, 6) is -1.72. The summed E-state index contributed by atoms with van der Waals surface area (Å²) in [7, 11) is 0. The minimum atomic E-state index is -4.84. The number of hydrogen-bond acceptors (Lipinski definition) is 5. The van der Waals surface area contributed by atoms with Gasteiger partial charge in [-0.05, 0) is 43.3 Å². The molecule has 2 amide bonds. The fourth-order valence-corrected chi connectivity index (χ4v) is 3.36. The quantitative estimate of drug-likeness (QED) is 0.446. The molecule has 8 nitrogen and oxygen atoms in total. The van der Waals surface area contributed by atoms with Crippen molar-refractivity contribution in [2.45, 2.75) is 19.6 Å². The lowest BCUT2D eigenvalue weighted by Crippen LogP contribution is -2.27. The molecule has 0 aliphatic carbocycles. The van der Waals surface area contributed by atoms with Crippen LogP contribution in [0.3, 0.4) is 0 Å². The molecule has 0 fully saturated rings. The van der Waals surface area contributed by atoms with Gasteiger partial charge >= 0.3 is 6.18 Å². The van der Waals surface area contributed by atoms with E-state index in [0.717, 1.165) is 10.7 Å². The van der Waals surface area contributed by atoms with Crippen molar-refractivity contribution in [1.29, 1.82) is 0 Å². The van der Waals surface area contributed by atoms with Crippen LogP contribution in [-0.4, -0.2) is 21.6 Å². The molecule has 0 atom stereocenters. The highest BCUT2D eigenvalue weighted by atomic mass is 19.4. The van der Waals surface area contributed by atoms with Crippen LogP contribution in [0, 0.1) is 0 Å². The molecule has 34 heavy (non-hydrogen) atoms. The van der Waals surface area contributed by atoms with Gasteiger partial charge in [-0.15, -0.1) is 0 Å². The minimum Gasteiger partial charge on any atom is -0.459 e.